The second kappa shape index (κ2) is 8.09. The van der Waals surface area contributed by atoms with Crippen LogP contribution in [0.15, 0.2) is 42.6 Å². The van der Waals surface area contributed by atoms with E-state index in [4.69, 9.17) is 11.6 Å². The average Bonchev–Trinajstić information content (AvgIpc) is 2.94. The second-order valence-corrected chi connectivity index (χ2v) is 7.87. The van der Waals surface area contributed by atoms with Crippen molar-refractivity contribution < 1.29 is 4.79 Å². The van der Waals surface area contributed by atoms with Crippen LogP contribution in [0.1, 0.15) is 44.4 Å². The summed E-state index contributed by atoms with van der Waals surface area (Å²) in [5.74, 6) is 1.03. The van der Waals surface area contributed by atoms with Gasteiger partial charge in [0, 0.05) is 35.9 Å². The number of hydrogen-bond donors (Lipinski definition) is 0. The quantitative estimate of drug-likeness (QED) is 0.685. The normalized spacial score (nSPS) is 14.6. The Balaban J connectivity index is 1.75. The number of aromatic nitrogens is 1. The molecule has 1 aliphatic carbocycles. The Morgan fingerprint density at radius 2 is 2.00 bits per heavy atom. The van der Waals surface area contributed by atoms with E-state index >= 15 is 0 Å². The van der Waals surface area contributed by atoms with Crippen LogP contribution in [0.4, 0.5) is 0 Å². The van der Waals surface area contributed by atoms with E-state index in [2.05, 4.69) is 36.7 Å². The molecule has 2 aromatic rings. The minimum absolute atomic E-state index is 0.241. The largest absolute Gasteiger partial charge is 0.345 e. The molecule has 1 aromatic heterocycles. The first-order valence-electron chi connectivity index (χ1n) is 9.21. The molecule has 0 unspecified atom stereocenters. The maximum atomic E-state index is 12.8. The molecule has 0 saturated heterocycles. The molecule has 0 radical (unpaired) electrons. The zero-order valence-corrected chi connectivity index (χ0v) is 15.9. The van der Waals surface area contributed by atoms with Crippen molar-refractivity contribution in [3.8, 4) is 0 Å². The molecule has 0 spiro atoms. The van der Waals surface area contributed by atoms with Gasteiger partial charge in [0.15, 0.2) is 0 Å². The highest BCUT2D eigenvalue weighted by Gasteiger charge is 2.30. The first-order chi connectivity index (χ1) is 12.0. The zero-order chi connectivity index (χ0) is 17.8. The molecule has 0 N–H and O–H groups in total. The molecular formula is C21H27ClN2O. The fourth-order valence-electron chi connectivity index (χ4n) is 3.34. The number of nitrogens with zero attached hydrogens (tertiary/aromatic N) is 2. The van der Waals surface area contributed by atoms with Crippen molar-refractivity contribution in [2.24, 2.45) is 11.8 Å². The van der Waals surface area contributed by atoms with E-state index in [0.29, 0.717) is 18.4 Å². The van der Waals surface area contributed by atoms with Gasteiger partial charge in [-0.3, -0.25) is 4.79 Å². The fraction of sp³-hybridized carbons (Fsp3) is 0.476. The maximum absolute atomic E-state index is 12.8. The third-order valence-electron chi connectivity index (χ3n) is 4.93. The Bertz CT molecular complexity index is 718. The molecule has 0 aliphatic heterocycles. The van der Waals surface area contributed by atoms with E-state index in [9.17, 15) is 4.79 Å². The van der Waals surface area contributed by atoms with Crippen LogP contribution < -0.4 is 0 Å². The van der Waals surface area contributed by atoms with Gasteiger partial charge < -0.3 is 9.47 Å². The van der Waals surface area contributed by atoms with Gasteiger partial charge in [0.05, 0.1) is 6.54 Å². The smallest absolute Gasteiger partial charge is 0.226 e. The number of benzene rings is 1. The molecule has 134 valence electrons. The van der Waals surface area contributed by atoms with Gasteiger partial charge in [-0.15, -0.1) is 0 Å². The molecule has 1 aliphatic rings. The summed E-state index contributed by atoms with van der Waals surface area (Å²) in [5, 5.41) is 0.784. The van der Waals surface area contributed by atoms with E-state index in [1.807, 2.05) is 29.2 Å². The Hall–Kier alpha value is -1.74. The van der Waals surface area contributed by atoms with Gasteiger partial charge in [-0.2, -0.15) is 0 Å². The molecule has 1 heterocycles. The second-order valence-electron chi connectivity index (χ2n) is 7.46. The lowest BCUT2D eigenvalue weighted by Gasteiger charge is -2.33. The lowest BCUT2D eigenvalue weighted by atomic mass is 9.84. The van der Waals surface area contributed by atoms with Gasteiger partial charge in [-0.25, -0.2) is 0 Å². The number of carbonyl (C=O) groups is 1. The molecule has 0 atom stereocenters. The Kier molecular flexibility index (Phi) is 5.85. The summed E-state index contributed by atoms with van der Waals surface area (Å²) in [5.41, 5.74) is 2.26. The van der Waals surface area contributed by atoms with Crippen LogP contribution in [-0.2, 0) is 17.9 Å². The van der Waals surface area contributed by atoms with Gasteiger partial charge in [0.1, 0.15) is 0 Å². The molecular weight excluding hydrogens is 332 g/mol. The Labute approximate surface area is 155 Å². The summed E-state index contributed by atoms with van der Waals surface area (Å²) in [6, 6.07) is 12.1. The number of carbonyl (C=O) groups excluding carboxylic acids is 1. The van der Waals surface area contributed by atoms with E-state index in [1.54, 1.807) is 0 Å². The predicted molar refractivity (Wildman–Crippen MR) is 103 cm³/mol. The highest BCUT2D eigenvalue weighted by molar-refractivity contribution is 6.31. The van der Waals surface area contributed by atoms with Gasteiger partial charge in [0.2, 0.25) is 5.91 Å². The van der Waals surface area contributed by atoms with Gasteiger partial charge in [-0.1, -0.05) is 50.1 Å². The van der Waals surface area contributed by atoms with Crippen LogP contribution >= 0.6 is 11.6 Å². The highest BCUT2D eigenvalue weighted by atomic mass is 35.5. The molecule has 25 heavy (non-hydrogen) atoms. The minimum Gasteiger partial charge on any atom is -0.345 e. The van der Waals surface area contributed by atoms with Crippen molar-refractivity contribution >= 4 is 17.5 Å². The van der Waals surface area contributed by atoms with Crippen LogP contribution in [0.25, 0.3) is 0 Å². The van der Waals surface area contributed by atoms with Gasteiger partial charge in [-0.05, 0) is 42.5 Å². The first-order valence-corrected chi connectivity index (χ1v) is 9.58. The third-order valence-corrected chi connectivity index (χ3v) is 5.30. The van der Waals surface area contributed by atoms with Crippen molar-refractivity contribution in [1.82, 2.24) is 9.47 Å². The van der Waals surface area contributed by atoms with Crippen molar-refractivity contribution in [3.05, 3.63) is 58.9 Å². The maximum Gasteiger partial charge on any atom is 0.226 e. The lowest BCUT2D eigenvalue weighted by molar-refractivity contribution is -0.139. The summed E-state index contributed by atoms with van der Waals surface area (Å²) in [7, 11) is 0. The van der Waals surface area contributed by atoms with E-state index in [0.717, 1.165) is 42.2 Å². The van der Waals surface area contributed by atoms with Crippen LogP contribution in [0, 0.1) is 11.8 Å². The molecule has 0 bridgehead atoms. The Morgan fingerprint density at radius 3 is 2.64 bits per heavy atom. The molecule has 3 nitrogen and oxygen atoms in total. The van der Waals surface area contributed by atoms with Crippen molar-refractivity contribution in [2.75, 3.05) is 6.54 Å². The molecule has 3 rings (SSSR count). The topological polar surface area (TPSA) is 25.2 Å². The number of amides is 1. The summed E-state index contributed by atoms with van der Waals surface area (Å²) in [6.45, 7) is 6.56. The third kappa shape index (κ3) is 4.46. The zero-order valence-electron chi connectivity index (χ0n) is 15.1. The van der Waals surface area contributed by atoms with Crippen molar-refractivity contribution in [2.45, 2.75) is 46.2 Å². The molecule has 1 fully saturated rings. The van der Waals surface area contributed by atoms with Gasteiger partial charge in [0.25, 0.3) is 0 Å². The Morgan fingerprint density at radius 1 is 1.24 bits per heavy atom. The van der Waals surface area contributed by atoms with Crippen LogP contribution in [0.5, 0.6) is 0 Å². The van der Waals surface area contributed by atoms with Crippen LogP contribution in [0.2, 0.25) is 5.02 Å². The lowest BCUT2D eigenvalue weighted by Crippen LogP contribution is -2.40. The standard InChI is InChI=1S/C21H27ClN2O/c1-16(2)13-24(21(25)17-8-5-9-17)15-19-10-6-12-23(19)14-18-7-3-4-11-20(18)22/h3-4,6-7,10-12,16-17H,5,8-9,13-15H2,1-2H3. The van der Waals surface area contributed by atoms with Crippen LogP contribution in [0.3, 0.4) is 0 Å². The molecule has 1 saturated carbocycles. The number of rotatable bonds is 7. The van der Waals surface area contributed by atoms with Gasteiger partial charge >= 0.3 is 0 Å². The number of hydrogen-bond acceptors (Lipinski definition) is 1. The predicted octanol–water partition coefficient (Wildman–Crippen LogP) is 4.97. The van der Waals surface area contributed by atoms with Crippen LogP contribution in [-0.4, -0.2) is 21.9 Å². The summed E-state index contributed by atoms with van der Waals surface area (Å²) >= 11 is 6.31. The van der Waals surface area contributed by atoms with Crippen molar-refractivity contribution in [3.63, 3.8) is 0 Å². The minimum atomic E-state index is 0.241. The monoisotopic (exact) mass is 358 g/mol. The SMILES string of the molecule is CC(C)CN(Cc1cccn1Cc1ccccc1Cl)C(=O)C1CCC1. The van der Waals surface area contributed by atoms with E-state index < -0.39 is 0 Å². The van der Waals surface area contributed by atoms with E-state index in [1.165, 1.54) is 6.42 Å². The summed E-state index contributed by atoms with van der Waals surface area (Å²) in [6.07, 6.45) is 5.36. The molecule has 1 aromatic carbocycles. The summed E-state index contributed by atoms with van der Waals surface area (Å²) < 4.78 is 2.20. The highest BCUT2D eigenvalue weighted by Crippen LogP contribution is 2.29. The fourth-order valence-corrected chi connectivity index (χ4v) is 3.54. The first kappa shape index (κ1) is 18.1. The summed E-state index contributed by atoms with van der Waals surface area (Å²) in [4.78, 5) is 14.9. The molecule has 1 amide bonds. The van der Waals surface area contributed by atoms with Crippen molar-refractivity contribution in [1.29, 1.82) is 0 Å². The average molecular weight is 359 g/mol. The molecule has 4 heteroatoms. The number of halogens is 1. The van der Waals surface area contributed by atoms with E-state index in [-0.39, 0.29) is 5.92 Å².